The molecule has 1 heterocycles. The van der Waals surface area contributed by atoms with E-state index in [0.717, 1.165) is 36.6 Å². The Hall–Kier alpha value is -0.540. The van der Waals surface area contributed by atoms with E-state index in [2.05, 4.69) is 24.3 Å². The maximum atomic E-state index is 6.39. The van der Waals surface area contributed by atoms with Crippen LogP contribution in [-0.4, -0.2) is 22.9 Å². The van der Waals surface area contributed by atoms with Crippen molar-refractivity contribution in [3.63, 3.8) is 0 Å². The van der Waals surface area contributed by atoms with Crippen LogP contribution < -0.4 is 5.32 Å². The summed E-state index contributed by atoms with van der Waals surface area (Å²) in [7, 11) is 2.00. The van der Waals surface area contributed by atoms with Gasteiger partial charge in [-0.25, -0.2) is 0 Å². The molecule has 0 radical (unpaired) electrons. The zero-order valence-corrected chi connectivity index (χ0v) is 11.8. The molecule has 0 atom stereocenters. The smallest absolute Gasteiger partial charge is 0.0849 e. The van der Waals surface area contributed by atoms with Crippen molar-refractivity contribution in [2.24, 2.45) is 12.5 Å². The average Bonchev–Trinajstić information content (AvgIpc) is 3.04. The van der Waals surface area contributed by atoms with Gasteiger partial charge >= 0.3 is 0 Å². The van der Waals surface area contributed by atoms with Gasteiger partial charge in [-0.15, -0.1) is 0 Å². The summed E-state index contributed by atoms with van der Waals surface area (Å²) in [6.07, 6.45) is 4.58. The molecule has 1 aromatic heterocycles. The number of rotatable bonds is 6. The lowest BCUT2D eigenvalue weighted by Crippen LogP contribution is -2.26. The van der Waals surface area contributed by atoms with Crippen LogP contribution in [0.2, 0.25) is 5.02 Å². The summed E-state index contributed by atoms with van der Waals surface area (Å²) in [5.41, 5.74) is 2.68. The fourth-order valence-electron chi connectivity index (χ4n) is 2.35. The fourth-order valence-corrected chi connectivity index (χ4v) is 2.71. The van der Waals surface area contributed by atoms with E-state index in [-0.39, 0.29) is 0 Å². The monoisotopic (exact) mass is 255 g/mol. The zero-order chi connectivity index (χ0) is 12.5. The first-order chi connectivity index (χ1) is 8.12. The molecule has 3 nitrogen and oxygen atoms in total. The van der Waals surface area contributed by atoms with Crippen molar-refractivity contribution in [1.82, 2.24) is 15.1 Å². The molecule has 0 bridgehead atoms. The van der Waals surface area contributed by atoms with Crippen molar-refractivity contribution >= 4 is 11.6 Å². The van der Waals surface area contributed by atoms with Crippen molar-refractivity contribution in [2.75, 3.05) is 13.1 Å². The highest BCUT2D eigenvalue weighted by Gasteiger charge is 2.43. The fraction of sp³-hybridized carbons (Fsp3) is 0.769. The molecule has 0 amide bonds. The minimum Gasteiger partial charge on any atom is -0.316 e. The number of nitrogens with one attached hydrogen (secondary N) is 1. The minimum absolute atomic E-state index is 0.443. The molecular formula is C13H22ClN3. The van der Waals surface area contributed by atoms with Gasteiger partial charge in [0, 0.05) is 13.6 Å². The largest absolute Gasteiger partial charge is 0.316 e. The lowest BCUT2D eigenvalue weighted by atomic mass is 9.99. The van der Waals surface area contributed by atoms with Gasteiger partial charge in [0.2, 0.25) is 0 Å². The summed E-state index contributed by atoms with van der Waals surface area (Å²) in [6, 6.07) is 0. The standard InChI is InChI=1S/C13H22ClN3/c1-4-10-12(14)11(17(3)16-10)8-13(6-7-13)9-15-5-2/h15H,4-9H2,1-3H3. The van der Waals surface area contributed by atoms with E-state index in [1.807, 2.05) is 11.7 Å². The SMILES string of the molecule is CCNCC1(Cc2c(Cl)c(CC)nn2C)CC1. The van der Waals surface area contributed by atoms with Gasteiger partial charge in [0.15, 0.2) is 0 Å². The third-order valence-corrected chi connectivity index (χ3v) is 4.19. The van der Waals surface area contributed by atoms with Gasteiger partial charge in [0.25, 0.3) is 0 Å². The van der Waals surface area contributed by atoms with E-state index in [0.29, 0.717) is 5.41 Å². The van der Waals surface area contributed by atoms with Crippen LogP contribution in [0.4, 0.5) is 0 Å². The van der Waals surface area contributed by atoms with Gasteiger partial charge in [0.05, 0.1) is 16.4 Å². The molecule has 1 saturated carbocycles. The van der Waals surface area contributed by atoms with E-state index in [1.54, 1.807) is 0 Å². The molecule has 0 saturated heterocycles. The number of nitrogens with zero attached hydrogens (tertiary/aromatic N) is 2. The first-order valence-electron chi connectivity index (χ1n) is 6.53. The van der Waals surface area contributed by atoms with Gasteiger partial charge in [0.1, 0.15) is 0 Å². The first-order valence-corrected chi connectivity index (χ1v) is 6.90. The number of aromatic nitrogens is 2. The molecular weight excluding hydrogens is 234 g/mol. The van der Waals surface area contributed by atoms with Gasteiger partial charge in [-0.05, 0) is 37.6 Å². The quantitative estimate of drug-likeness (QED) is 0.847. The van der Waals surface area contributed by atoms with Gasteiger partial charge in [-0.3, -0.25) is 4.68 Å². The van der Waals surface area contributed by atoms with Crippen LogP contribution in [0.15, 0.2) is 0 Å². The summed E-state index contributed by atoms with van der Waals surface area (Å²) in [4.78, 5) is 0. The van der Waals surface area contributed by atoms with Crippen LogP contribution in [0.1, 0.15) is 38.1 Å². The van der Waals surface area contributed by atoms with Crippen LogP contribution in [0.25, 0.3) is 0 Å². The molecule has 0 aliphatic heterocycles. The molecule has 1 N–H and O–H groups in total. The number of hydrogen-bond acceptors (Lipinski definition) is 2. The highest BCUT2D eigenvalue weighted by Crippen LogP contribution is 2.48. The summed E-state index contributed by atoms with van der Waals surface area (Å²) < 4.78 is 1.97. The van der Waals surface area contributed by atoms with Crippen molar-refractivity contribution < 1.29 is 0 Å². The molecule has 2 rings (SSSR count). The van der Waals surface area contributed by atoms with E-state index in [1.165, 1.54) is 18.5 Å². The van der Waals surface area contributed by atoms with Crippen LogP contribution >= 0.6 is 11.6 Å². The second-order valence-electron chi connectivity index (χ2n) is 5.14. The van der Waals surface area contributed by atoms with Crippen LogP contribution in [0, 0.1) is 5.41 Å². The predicted molar refractivity (Wildman–Crippen MR) is 71.5 cm³/mol. The number of halogens is 1. The summed E-state index contributed by atoms with van der Waals surface area (Å²) in [5, 5.41) is 8.83. The van der Waals surface area contributed by atoms with Crippen molar-refractivity contribution in [3.05, 3.63) is 16.4 Å². The van der Waals surface area contributed by atoms with Crippen LogP contribution in [-0.2, 0) is 19.9 Å². The van der Waals surface area contributed by atoms with Crippen molar-refractivity contribution in [2.45, 2.75) is 39.5 Å². The van der Waals surface area contributed by atoms with Gasteiger partial charge in [-0.1, -0.05) is 25.4 Å². The number of hydrogen-bond donors (Lipinski definition) is 1. The minimum atomic E-state index is 0.443. The van der Waals surface area contributed by atoms with Crippen molar-refractivity contribution in [3.8, 4) is 0 Å². The van der Waals surface area contributed by atoms with E-state index >= 15 is 0 Å². The maximum Gasteiger partial charge on any atom is 0.0849 e. The molecule has 1 aliphatic rings. The molecule has 1 aliphatic carbocycles. The average molecular weight is 256 g/mol. The molecule has 4 heteroatoms. The third-order valence-electron chi connectivity index (χ3n) is 3.75. The Morgan fingerprint density at radius 2 is 2.12 bits per heavy atom. The first kappa shape index (κ1) is 12.9. The van der Waals surface area contributed by atoms with Crippen LogP contribution in [0.5, 0.6) is 0 Å². The Labute approximate surface area is 109 Å². The zero-order valence-electron chi connectivity index (χ0n) is 11.0. The Bertz CT molecular complexity index is 394. The second-order valence-corrected chi connectivity index (χ2v) is 5.52. The molecule has 1 aromatic rings. The van der Waals surface area contributed by atoms with E-state index in [9.17, 15) is 0 Å². The normalized spacial score (nSPS) is 17.4. The highest BCUT2D eigenvalue weighted by atomic mass is 35.5. The molecule has 0 spiro atoms. The lowest BCUT2D eigenvalue weighted by molar-refractivity contribution is 0.449. The molecule has 17 heavy (non-hydrogen) atoms. The summed E-state index contributed by atoms with van der Waals surface area (Å²) in [6.45, 7) is 6.40. The summed E-state index contributed by atoms with van der Waals surface area (Å²) >= 11 is 6.39. The van der Waals surface area contributed by atoms with Crippen molar-refractivity contribution in [1.29, 1.82) is 0 Å². The Kier molecular flexibility index (Phi) is 3.79. The Balaban J connectivity index is 2.10. The lowest BCUT2D eigenvalue weighted by Gasteiger charge is -2.15. The highest BCUT2D eigenvalue weighted by molar-refractivity contribution is 6.31. The third kappa shape index (κ3) is 2.66. The Morgan fingerprint density at radius 1 is 1.41 bits per heavy atom. The Morgan fingerprint density at radius 3 is 2.59 bits per heavy atom. The molecule has 0 unspecified atom stereocenters. The second kappa shape index (κ2) is 4.99. The van der Waals surface area contributed by atoms with Gasteiger partial charge in [-0.2, -0.15) is 5.10 Å². The predicted octanol–water partition coefficient (Wildman–Crippen LogP) is 2.57. The number of aryl methyl sites for hydroxylation is 2. The topological polar surface area (TPSA) is 29.9 Å². The van der Waals surface area contributed by atoms with Gasteiger partial charge < -0.3 is 5.32 Å². The molecule has 1 fully saturated rings. The summed E-state index contributed by atoms with van der Waals surface area (Å²) in [5.74, 6) is 0. The maximum absolute atomic E-state index is 6.39. The van der Waals surface area contributed by atoms with Crippen LogP contribution in [0.3, 0.4) is 0 Å². The molecule has 96 valence electrons. The van der Waals surface area contributed by atoms with E-state index < -0.39 is 0 Å². The molecule has 0 aromatic carbocycles. The van der Waals surface area contributed by atoms with E-state index in [4.69, 9.17) is 11.6 Å².